The van der Waals surface area contributed by atoms with Crippen LogP contribution in [0.1, 0.15) is 44.1 Å². The Morgan fingerprint density at radius 3 is 1.45 bits per heavy atom. The number of pyridine rings is 1. The number of hydrogen-bond donors (Lipinski definition) is 0. The molecule has 4 aliphatic rings. The van der Waals surface area contributed by atoms with Crippen molar-refractivity contribution in [3.63, 3.8) is 0 Å². The van der Waals surface area contributed by atoms with Crippen LogP contribution in [0.15, 0.2) is 109 Å². The zero-order valence-electron chi connectivity index (χ0n) is 23.7. The second-order valence-electron chi connectivity index (χ2n) is 13.5. The Balaban J connectivity index is 1.20. The van der Waals surface area contributed by atoms with Gasteiger partial charge >= 0.3 is 0 Å². The van der Waals surface area contributed by atoms with Gasteiger partial charge in [0.1, 0.15) is 11.6 Å². The molecule has 3 nitrogen and oxygen atoms in total. The molecule has 4 saturated carbocycles. The maximum atomic E-state index is 5.41. The number of rotatable bonds is 3. The van der Waals surface area contributed by atoms with Gasteiger partial charge in [-0.05, 0) is 104 Å². The summed E-state index contributed by atoms with van der Waals surface area (Å²) in [7, 11) is 0. The van der Waals surface area contributed by atoms with Crippen LogP contribution < -0.4 is 0 Å². The van der Waals surface area contributed by atoms with E-state index >= 15 is 0 Å². The monoisotopic (exact) mass is 543 g/mol. The van der Waals surface area contributed by atoms with Gasteiger partial charge in [-0.1, -0.05) is 72.8 Å². The highest BCUT2D eigenvalue weighted by atomic mass is 15.1. The van der Waals surface area contributed by atoms with Crippen LogP contribution in [0.4, 0.5) is 0 Å². The van der Waals surface area contributed by atoms with E-state index in [0.717, 1.165) is 29.4 Å². The highest BCUT2D eigenvalue weighted by Crippen LogP contribution is 2.61. The first-order valence-corrected chi connectivity index (χ1v) is 15.7. The van der Waals surface area contributed by atoms with E-state index in [0.29, 0.717) is 5.41 Å². The van der Waals surface area contributed by atoms with Gasteiger partial charge in [0.05, 0.1) is 22.1 Å². The fourth-order valence-electron chi connectivity index (χ4n) is 9.84. The fourth-order valence-corrected chi connectivity index (χ4v) is 9.84. The molecule has 204 valence electrons. The molecule has 0 N–H and O–H groups in total. The first kappa shape index (κ1) is 23.2. The molecule has 0 aliphatic heterocycles. The van der Waals surface area contributed by atoms with Crippen molar-refractivity contribution in [2.45, 2.75) is 43.9 Å². The van der Waals surface area contributed by atoms with Crippen molar-refractivity contribution in [1.29, 1.82) is 0 Å². The van der Waals surface area contributed by atoms with E-state index < -0.39 is 0 Å². The second-order valence-corrected chi connectivity index (χ2v) is 13.5. The van der Waals surface area contributed by atoms with Crippen molar-refractivity contribution in [2.24, 2.45) is 17.8 Å². The predicted octanol–water partition coefficient (Wildman–Crippen LogP) is 9.74. The molecule has 0 atom stereocenters. The van der Waals surface area contributed by atoms with Crippen LogP contribution in [0.25, 0.3) is 55.2 Å². The molecule has 4 fully saturated rings. The van der Waals surface area contributed by atoms with Crippen LogP contribution in [-0.2, 0) is 5.41 Å². The zero-order valence-corrected chi connectivity index (χ0v) is 23.7. The second kappa shape index (κ2) is 8.35. The van der Waals surface area contributed by atoms with Crippen LogP contribution in [-0.4, -0.2) is 14.1 Å². The van der Waals surface area contributed by atoms with Crippen molar-refractivity contribution in [3.05, 3.63) is 115 Å². The van der Waals surface area contributed by atoms with Gasteiger partial charge in [-0.25, -0.2) is 4.98 Å². The zero-order chi connectivity index (χ0) is 27.4. The van der Waals surface area contributed by atoms with Gasteiger partial charge in [-0.15, -0.1) is 0 Å². The summed E-state index contributed by atoms with van der Waals surface area (Å²) in [5, 5.41) is 5.14. The van der Waals surface area contributed by atoms with Gasteiger partial charge in [-0.3, -0.25) is 9.13 Å². The molecule has 42 heavy (non-hydrogen) atoms. The Morgan fingerprint density at radius 1 is 0.476 bits per heavy atom. The summed E-state index contributed by atoms with van der Waals surface area (Å²) in [5.74, 6) is 4.73. The van der Waals surface area contributed by atoms with Gasteiger partial charge in [0.15, 0.2) is 0 Å². The lowest BCUT2D eigenvalue weighted by molar-refractivity contribution is -0.00513. The average Bonchev–Trinajstić information content (AvgIpc) is 3.53. The molecular formula is C39H33N3. The third-order valence-electron chi connectivity index (χ3n) is 11.1. The summed E-state index contributed by atoms with van der Waals surface area (Å²) in [6.07, 6.45) is 8.56. The van der Waals surface area contributed by atoms with E-state index in [-0.39, 0.29) is 0 Å². The lowest BCUT2D eigenvalue weighted by Gasteiger charge is -2.57. The Morgan fingerprint density at radius 2 is 0.929 bits per heavy atom. The van der Waals surface area contributed by atoms with Gasteiger partial charge in [-0.2, -0.15) is 0 Å². The SMILES string of the molecule is c1cc(-n2c3ccccc3c3ccccc32)nc(-n2c3ccccc3c3ccc(C45CC6CC(CC(C6)C4)C5)cc32)c1. The van der Waals surface area contributed by atoms with Gasteiger partial charge in [0.25, 0.3) is 0 Å². The lowest BCUT2D eigenvalue weighted by atomic mass is 9.48. The van der Waals surface area contributed by atoms with E-state index in [1.54, 1.807) is 5.56 Å². The third kappa shape index (κ3) is 3.14. The van der Waals surface area contributed by atoms with Crippen molar-refractivity contribution in [3.8, 4) is 11.6 Å². The molecule has 4 aromatic carbocycles. The molecule has 11 rings (SSSR count). The Bertz CT molecular complexity index is 2110. The summed E-state index contributed by atoms with van der Waals surface area (Å²) in [4.78, 5) is 5.41. The van der Waals surface area contributed by atoms with Gasteiger partial charge < -0.3 is 0 Å². The van der Waals surface area contributed by atoms with E-state index in [2.05, 4.69) is 118 Å². The number of para-hydroxylation sites is 3. The number of hydrogen-bond acceptors (Lipinski definition) is 1. The maximum Gasteiger partial charge on any atom is 0.140 e. The van der Waals surface area contributed by atoms with Crippen molar-refractivity contribution in [2.75, 3.05) is 0 Å². The number of aromatic nitrogens is 3. The Hall–Kier alpha value is -4.37. The van der Waals surface area contributed by atoms with Crippen LogP contribution in [0.2, 0.25) is 0 Å². The number of benzene rings is 4. The predicted molar refractivity (Wildman–Crippen MR) is 173 cm³/mol. The van der Waals surface area contributed by atoms with Crippen LogP contribution in [0.5, 0.6) is 0 Å². The standard InChI is InChI=1S/C39H33N3/c1-4-11-33-29(8-1)30-9-2-5-12-34(30)41(33)37-14-7-15-38(40-37)42-35-13-6-3-10-31(35)32-17-16-28(21-36(32)42)39-22-25-18-26(23-39)20-27(19-25)24-39/h1-17,21,25-27H,18-20,22-24H2. The molecule has 3 aromatic heterocycles. The molecule has 3 heterocycles. The molecule has 3 heteroatoms. The van der Waals surface area contributed by atoms with Crippen molar-refractivity contribution < 1.29 is 0 Å². The largest absolute Gasteiger partial charge is 0.294 e. The first-order chi connectivity index (χ1) is 20.7. The van der Waals surface area contributed by atoms with Crippen LogP contribution in [0.3, 0.4) is 0 Å². The molecule has 0 saturated heterocycles. The Kier molecular flexibility index (Phi) is 4.62. The number of nitrogens with zero attached hydrogens (tertiary/aromatic N) is 3. The fraction of sp³-hybridized carbons (Fsp3) is 0.256. The quantitative estimate of drug-likeness (QED) is 0.217. The minimum atomic E-state index is 0.364. The molecule has 4 bridgehead atoms. The van der Waals surface area contributed by atoms with Crippen LogP contribution >= 0.6 is 0 Å². The molecule has 7 aromatic rings. The minimum absolute atomic E-state index is 0.364. The molecule has 0 radical (unpaired) electrons. The van der Waals surface area contributed by atoms with E-state index in [4.69, 9.17) is 4.98 Å². The maximum absolute atomic E-state index is 5.41. The molecule has 4 aliphatic carbocycles. The smallest absolute Gasteiger partial charge is 0.140 e. The summed E-state index contributed by atoms with van der Waals surface area (Å²) in [6, 6.07) is 40.2. The highest BCUT2D eigenvalue weighted by molar-refractivity contribution is 6.10. The normalized spacial score (nSPS) is 24.9. The van der Waals surface area contributed by atoms with E-state index in [1.807, 2.05) is 0 Å². The summed E-state index contributed by atoms with van der Waals surface area (Å²) in [6.45, 7) is 0. The average molecular weight is 544 g/mol. The molecule has 0 unspecified atom stereocenters. The van der Waals surface area contributed by atoms with Gasteiger partial charge in [0.2, 0.25) is 0 Å². The highest BCUT2D eigenvalue weighted by Gasteiger charge is 2.51. The van der Waals surface area contributed by atoms with E-state index in [1.165, 1.54) is 82.1 Å². The van der Waals surface area contributed by atoms with E-state index in [9.17, 15) is 0 Å². The van der Waals surface area contributed by atoms with Gasteiger partial charge in [0, 0.05) is 21.5 Å². The molecular weight excluding hydrogens is 510 g/mol. The lowest BCUT2D eigenvalue weighted by Crippen LogP contribution is -2.48. The third-order valence-corrected chi connectivity index (χ3v) is 11.1. The molecule has 0 amide bonds. The van der Waals surface area contributed by atoms with Crippen molar-refractivity contribution in [1.82, 2.24) is 14.1 Å². The number of fused-ring (bicyclic) bond motifs is 6. The summed E-state index contributed by atoms with van der Waals surface area (Å²) in [5.41, 5.74) is 6.82. The molecule has 0 spiro atoms. The van der Waals surface area contributed by atoms with Crippen LogP contribution in [0, 0.1) is 17.8 Å². The topological polar surface area (TPSA) is 22.8 Å². The Labute approximate surface area is 245 Å². The summed E-state index contributed by atoms with van der Waals surface area (Å²) >= 11 is 0. The van der Waals surface area contributed by atoms with Crippen molar-refractivity contribution >= 4 is 43.6 Å². The first-order valence-electron chi connectivity index (χ1n) is 15.7. The summed E-state index contributed by atoms with van der Waals surface area (Å²) < 4.78 is 4.75. The minimum Gasteiger partial charge on any atom is -0.294 e.